The highest BCUT2D eigenvalue weighted by Crippen LogP contribution is 2.52. The van der Waals surface area contributed by atoms with Gasteiger partial charge in [0.05, 0.1) is 12.1 Å². The van der Waals surface area contributed by atoms with Crippen LogP contribution >= 0.6 is 0 Å². The molecule has 3 heterocycles. The van der Waals surface area contributed by atoms with E-state index in [9.17, 15) is 9.59 Å². The number of carbonyl (C=O) groups is 2. The number of ether oxygens (including phenoxy) is 2. The minimum atomic E-state index is -0.355. The highest BCUT2D eigenvalue weighted by atomic mass is 16.6. The van der Waals surface area contributed by atoms with Crippen molar-refractivity contribution >= 4 is 12.2 Å². The SMILES string of the molecule is CCOC(=O)N1CCC2(CC(N3CCC4(CC3)OC(=O)N(CC)C4(C)C)C2)C1. The summed E-state index contributed by atoms with van der Waals surface area (Å²) in [4.78, 5) is 30.7. The topological polar surface area (TPSA) is 62.3 Å². The Labute approximate surface area is 168 Å². The molecule has 0 aromatic heterocycles. The van der Waals surface area contributed by atoms with Crippen LogP contribution in [0.4, 0.5) is 9.59 Å². The molecule has 1 aliphatic carbocycles. The molecule has 158 valence electrons. The number of piperidine rings is 1. The van der Waals surface area contributed by atoms with E-state index in [1.54, 1.807) is 0 Å². The first kappa shape index (κ1) is 19.8. The summed E-state index contributed by atoms with van der Waals surface area (Å²) in [6.07, 6.45) is 4.92. The Morgan fingerprint density at radius 1 is 1.14 bits per heavy atom. The molecule has 0 atom stereocenters. The maximum Gasteiger partial charge on any atom is 0.410 e. The highest BCUT2D eigenvalue weighted by molar-refractivity contribution is 5.72. The number of nitrogens with zero attached hydrogens (tertiary/aromatic N) is 3. The Bertz CT molecular complexity index is 636. The molecule has 4 fully saturated rings. The van der Waals surface area contributed by atoms with Crippen molar-refractivity contribution in [3.05, 3.63) is 0 Å². The zero-order valence-electron chi connectivity index (χ0n) is 17.8. The van der Waals surface area contributed by atoms with Crippen LogP contribution in [0.5, 0.6) is 0 Å². The average molecular weight is 394 g/mol. The molecule has 1 saturated carbocycles. The lowest BCUT2D eigenvalue weighted by molar-refractivity contribution is -0.0801. The van der Waals surface area contributed by atoms with E-state index >= 15 is 0 Å². The van der Waals surface area contributed by atoms with Gasteiger partial charge in [0.15, 0.2) is 0 Å². The van der Waals surface area contributed by atoms with Gasteiger partial charge in [0, 0.05) is 51.6 Å². The van der Waals surface area contributed by atoms with Crippen molar-refractivity contribution in [2.75, 3.05) is 39.3 Å². The van der Waals surface area contributed by atoms with Crippen LogP contribution < -0.4 is 0 Å². The van der Waals surface area contributed by atoms with E-state index in [0.717, 1.165) is 45.4 Å². The lowest BCUT2D eigenvalue weighted by Crippen LogP contribution is -2.61. The lowest BCUT2D eigenvalue weighted by Gasteiger charge is -2.54. The van der Waals surface area contributed by atoms with Gasteiger partial charge in [0.1, 0.15) is 5.60 Å². The zero-order valence-corrected chi connectivity index (χ0v) is 17.8. The van der Waals surface area contributed by atoms with Crippen molar-refractivity contribution in [2.45, 2.75) is 77.0 Å². The van der Waals surface area contributed by atoms with E-state index in [-0.39, 0.29) is 23.3 Å². The van der Waals surface area contributed by atoms with Crippen LogP contribution in [-0.2, 0) is 9.47 Å². The van der Waals surface area contributed by atoms with Crippen LogP contribution in [-0.4, -0.2) is 83.4 Å². The van der Waals surface area contributed by atoms with Gasteiger partial charge < -0.3 is 19.3 Å². The fraction of sp³-hybridized carbons (Fsp3) is 0.905. The Balaban J connectivity index is 1.31. The van der Waals surface area contributed by atoms with Gasteiger partial charge in [-0.05, 0) is 52.4 Å². The number of amides is 2. The zero-order chi connectivity index (χ0) is 20.2. The number of likely N-dealkylation sites (tertiary alicyclic amines) is 2. The molecule has 0 aromatic rings. The van der Waals surface area contributed by atoms with Gasteiger partial charge in [-0.15, -0.1) is 0 Å². The van der Waals surface area contributed by atoms with Crippen LogP contribution in [0.3, 0.4) is 0 Å². The predicted octanol–water partition coefficient (Wildman–Crippen LogP) is 3.08. The molecule has 3 aliphatic heterocycles. The van der Waals surface area contributed by atoms with Crippen molar-refractivity contribution < 1.29 is 19.1 Å². The molecule has 0 radical (unpaired) electrons. The molecule has 7 nitrogen and oxygen atoms in total. The van der Waals surface area contributed by atoms with Gasteiger partial charge in [-0.25, -0.2) is 9.59 Å². The molecule has 0 N–H and O–H groups in total. The summed E-state index contributed by atoms with van der Waals surface area (Å²) in [6, 6.07) is 0.599. The van der Waals surface area contributed by atoms with Gasteiger partial charge in [0.25, 0.3) is 0 Å². The second-order valence-corrected chi connectivity index (χ2v) is 9.63. The molecule has 3 saturated heterocycles. The fourth-order valence-electron chi connectivity index (χ4n) is 6.15. The van der Waals surface area contributed by atoms with Gasteiger partial charge in [-0.3, -0.25) is 4.90 Å². The number of hydrogen-bond acceptors (Lipinski definition) is 5. The van der Waals surface area contributed by atoms with E-state index in [0.29, 0.717) is 24.6 Å². The number of carbonyl (C=O) groups excluding carboxylic acids is 2. The molecule has 4 rings (SSSR count). The van der Waals surface area contributed by atoms with E-state index in [4.69, 9.17) is 9.47 Å². The van der Waals surface area contributed by atoms with Crippen molar-refractivity contribution in [3.63, 3.8) is 0 Å². The molecule has 28 heavy (non-hydrogen) atoms. The Morgan fingerprint density at radius 2 is 1.82 bits per heavy atom. The molecule has 7 heteroatoms. The quantitative estimate of drug-likeness (QED) is 0.737. The second-order valence-electron chi connectivity index (χ2n) is 9.63. The van der Waals surface area contributed by atoms with E-state index < -0.39 is 0 Å². The summed E-state index contributed by atoms with van der Waals surface area (Å²) in [6.45, 7) is 12.9. The summed E-state index contributed by atoms with van der Waals surface area (Å²) in [5.74, 6) is 0. The molecule has 2 amide bonds. The first-order valence-electron chi connectivity index (χ1n) is 10.9. The average Bonchev–Trinajstić information content (AvgIpc) is 3.14. The Morgan fingerprint density at radius 3 is 2.39 bits per heavy atom. The Kier molecular flexibility index (Phi) is 4.80. The lowest BCUT2D eigenvalue weighted by atomic mass is 9.63. The molecule has 2 spiro atoms. The van der Waals surface area contributed by atoms with Gasteiger partial charge in [0.2, 0.25) is 0 Å². The normalized spacial score (nSPS) is 34.0. The third-order valence-electron chi connectivity index (χ3n) is 8.03. The first-order valence-corrected chi connectivity index (χ1v) is 10.9. The van der Waals surface area contributed by atoms with Crippen LogP contribution in [0.25, 0.3) is 0 Å². The van der Waals surface area contributed by atoms with Gasteiger partial charge in [-0.2, -0.15) is 0 Å². The maximum atomic E-state index is 12.3. The molecular weight excluding hydrogens is 358 g/mol. The first-order chi connectivity index (χ1) is 13.3. The Hall–Kier alpha value is -1.50. The van der Waals surface area contributed by atoms with Crippen molar-refractivity contribution in [1.29, 1.82) is 0 Å². The van der Waals surface area contributed by atoms with Crippen LogP contribution in [0.15, 0.2) is 0 Å². The molecule has 0 aromatic carbocycles. The highest BCUT2D eigenvalue weighted by Gasteiger charge is 2.61. The summed E-state index contributed by atoms with van der Waals surface area (Å²) in [5, 5.41) is 0. The van der Waals surface area contributed by atoms with E-state index in [1.165, 1.54) is 12.8 Å². The molecule has 0 unspecified atom stereocenters. The minimum Gasteiger partial charge on any atom is -0.450 e. The van der Waals surface area contributed by atoms with E-state index in [1.807, 2.05) is 23.6 Å². The largest absolute Gasteiger partial charge is 0.450 e. The summed E-state index contributed by atoms with van der Waals surface area (Å²) in [7, 11) is 0. The fourth-order valence-corrected chi connectivity index (χ4v) is 6.15. The van der Waals surface area contributed by atoms with E-state index in [2.05, 4.69) is 18.7 Å². The monoisotopic (exact) mass is 393 g/mol. The van der Waals surface area contributed by atoms with Gasteiger partial charge >= 0.3 is 12.2 Å². The van der Waals surface area contributed by atoms with Crippen molar-refractivity contribution in [2.24, 2.45) is 5.41 Å². The number of likely N-dealkylation sites (N-methyl/N-ethyl adjacent to an activating group) is 1. The third kappa shape index (κ3) is 2.88. The summed E-state index contributed by atoms with van der Waals surface area (Å²) < 4.78 is 11.1. The van der Waals surface area contributed by atoms with Crippen LogP contribution in [0.2, 0.25) is 0 Å². The maximum absolute atomic E-state index is 12.3. The molecule has 4 aliphatic rings. The third-order valence-corrected chi connectivity index (χ3v) is 8.03. The smallest absolute Gasteiger partial charge is 0.410 e. The van der Waals surface area contributed by atoms with Crippen LogP contribution in [0.1, 0.15) is 59.8 Å². The minimum absolute atomic E-state index is 0.159. The number of rotatable bonds is 3. The standard InChI is InChI=1S/C21H35N3O4/c1-5-24-18(26)28-21(19(24,3)4)8-11-22(12-9-21)16-13-20(14-16)7-10-23(15-20)17(25)27-6-2/h16H,5-15H2,1-4H3. The summed E-state index contributed by atoms with van der Waals surface area (Å²) >= 11 is 0. The van der Waals surface area contributed by atoms with Crippen molar-refractivity contribution in [3.8, 4) is 0 Å². The van der Waals surface area contributed by atoms with Crippen molar-refractivity contribution in [1.82, 2.24) is 14.7 Å². The second kappa shape index (κ2) is 6.78. The number of hydrogen-bond donors (Lipinski definition) is 0. The molecule has 0 bridgehead atoms. The predicted molar refractivity (Wildman–Crippen MR) is 105 cm³/mol. The van der Waals surface area contributed by atoms with Crippen LogP contribution in [0, 0.1) is 5.41 Å². The van der Waals surface area contributed by atoms with Gasteiger partial charge in [-0.1, -0.05) is 0 Å². The summed E-state index contributed by atoms with van der Waals surface area (Å²) in [5.41, 5.74) is -0.311. The molecular formula is C21H35N3O4.